The normalized spacial score (nSPS) is 10.2. The summed E-state index contributed by atoms with van der Waals surface area (Å²) in [6.45, 7) is 0. The summed E-state index contributed by atoms with van der Waals surface area (Å²) in [5.41, 5.74) is 0. The van der Waals surface area contributed by atoms with Crippen LogP contribution in [0.15, 0.2) is 84.9 Å². The van der Waals surface area contributed by atoms with Crippen LogP contribution in [0, 0.1) is 0 Å². The van der Waals surface area contributed by atoms with Gasteiger partial charge in [-0.15, -0.1) is 0 Å². The third-order valence-corrected chi connectivity index (χ3v) is 6.08. The van der Waals surface area contributed by atoms with Crippen molar-refractivity contribution in [2.75, 3.05) is 0 Å². The van der Waals surface area contributed by atoms with Crippen molar-refractivity contribution < 1.29 is 22.4 Å². The molecule has 0 spiro atoms. The van der Waals surface area contributed by atoms with E-state index in [-0.39, 0.29) is 22.4 Å². The standard InChI is InChI=1S/C18H14ClP.Au/c19-17-13-7-8-14-18(17)20(15-9-3-1-4-10-15)16-11-5-2-6-12-16;/h1-14H;/q;+1. The SMILES string of the molecule is Clc1ccccc1P(c1ccccc1)c1ccccc1.[Au+]. The molecule has 0 fully saturated rings. The van der Waals surface area contributed by atoms with Gasteiger partial charge in [0.15, 0.2) is 0 Å². The smallest absolute Gasteiger partial charge is 0.0836 e. The molecule has 0 aliphatic heterocycles. The summed E-state index contributed by atoms with van der Waals surface area (Å²) < 4.78 is 0. The first-order valence-electron chi connectivity index (χ1n) is 6.51. The third kappa shape index (κ3) is 3.86. The van der Waals surface area contributed by atoms with Gasteiger partial charge in [0.2, 0.25) is 0 Å². The quantitative estimate of drug-likeness (QED) is 0.381. The first-order chi connectivity index (χ1) is 9.86. The Labute approximate surface area is 147 Å². The van der Waals surface area contributed by atoms with E-state index in [1.54, 1.807) is 0 Å². The molecule has 21 heavy (non-hydrogen) atoms. The van der Waals surface area contributed by atoms with Gasteiger partial charge in [-0.1, -0.05) is 90.5 Å². The van der Waals surface area contributed by atoms with Crippen LogP contribution in [0.3, 0.4) is 0 Å². The molecule has 108 valence electrons. The van der Waals surface area contributed by atoms with E-state index in [2.05, 4.69) is 72.8 Å². The zero-order valence-electron chi connectivity index (χ0n) is 11.2. The van der Waals surface area contributed by atoms with Crippen LogP contribution in [0.2, 0.25) is 5.02 Å². The zero-order chi connectivity index (χ0) is 13.8. The number of rotatable bonds is 3. The molecule has 0 saturated heterocycles. The van der Waals surface area contributed by atoms with Crippen molar-refractivity contribution in [1.82, 2.24) is 0 Å². The Bertz CT molecular complexity index is 646. The van der Waals surface area contributed by atoms with Gasteiger partial charge in [0.25, 0.3) is 0 Å². The summed E-state index contributed by atoms with van der Waals surface area (Å²) in [5.74, 6) is 0. The van der Waals surface area contributed by atoms with Crippen molar-refractivity contribution in [2.45, 2.75) is 0 Å². The molecule has 0 N–H and O–H groups in total. The van der Waals surface area contributed by atoms with Gasteiger partial charge < -0.3 is 0 Å². The molecule has 0 saturated carbocycles. The second kappa shape index (κ2) is 7.94. The summed E-state index contributed by atoms with van der Waals surface area (Å²) in [6, 6.07) is 29.3. The number of halogens is 1. The van der Waals surface area contributed by atoms with Gasteiger partial charge in [-0.25, -0.2) is 0 Å². The summed E-state index contributed by atoms with van der Waals surface area (Å²) in [6.07, 6.45) is 0. The van der Waals surface area contributed by atoms with Crippen LogP contribution in [-0.4, -0.2) is 0 Å². The van der Waals surface area contributed by atoms with Gasteiger partial charge in [-0.05, 0) is 24.6 Å². The fraction of sp³-hybridized carbons (Fsp3) is 0. The van der Waals surface area contributed by atoms with E-state index >= 15 is 0 Å². The van der Waals surface area contributed by atoms with Gasteiger partial charge in [0.05, 0.1) is 0 Å². The first kappa shape index (κ1) is 16.5. The van der Waals surface area contributed by atoms with Gasteiger partial charge in [0, 0.05) is 10.3 Å². The maximum atomic E-state index is 6.43. The average Bonchev–Trinajstić information content (AvgIpc) is 2.52. The molecule has 0 aliphatic rings. The van der Waals surface area contributed by atoms with Crippen molar-refractivity contribution in [2.24, 2.45) is 0 Å². The average molecular weight is 494 g/mol. The molecule has 0 radical (unpaired) electrons. The van der Waals surface area contributed by atoms with Crippen LogP contribution < -0.4 is 15.9 Å². The molecule has 0 atom stereocenters. The maximum absolute atomic E-state index is 6.43. The molecule has 3 heteroatoms. The molecule has 3 aromatic rings. The molecular formula is C18H14AuClP+. The molecule has 0 unspecified atom stereocenters. The minimum atomic E-state index is -0.599. The van der Waals surface area contributed by atoms with Crippen LogP contribution in [0.25, 0.3) is 0 Å². The maximum Gasteiger partial charge on any atom is 1.00 e. The van der Waals surface area contributed by atoms with Crippen LogP contribution in [0.5, 0.6) is 0 Å². The van der Waals surface area contributed by atoms with E-state index in [1.165, 1.54) is 15.9 Å². The minimum Gasteiger partial charge on any atom is -0.0836 e. The monoisotopic (exact) mass is 493 g/mol. The Morgan fingerprint density at radius 3 is 1.48 bits per heavy atom. The molecule has 3 aromatic carbocycles. The molecule has 0 amide bonds. The Kier molecular flexibility index (Phi) is 6.23. The van der Waals surface area contributed by atoms with Crippen LogP contribution in [0.4, 0.5) is 0 Å². The largest absolute Gasteiger partial charge is 1.00 e. The molecule has 0 aromatic heterocycles. The Balaban J connectivity index is 0.00000161. The summed E-state index contributed by atoms with van der Waals surface area (Å²) in [5, 5.41) is 4.69. The van der Waals surface area contributed by atoms with Crippen molar-refractivity contribution in [3.05, 3.63) is 90.0 Å². The fourth-order valence-corrected chi connectivity index (χ4v) is 4.92. The predicted molar refractivity (Wildman–Crippen MR) is 90.2 cm³/mol. The molecule has 0 bridgehead atoms. The Morgan fingerprint density at radius 1 is 0.571 bits per heavy atom. The number of hydrogen-bond donors (Lipinski definition) is 0. The molecular weight excluding hydrogens is 480 g/mol. The second-order valence-corrected chi connectivity index (χ2v) is 7.05. The topological polar surface area (TPSA) is 0 Å². The first-order valence-corrected chi connectivity index (χ1v) is 8.23. The van der Waals surface area contributed by atoms with E-state index in [0.29, 0.717) is 0 Å². The zero-order valence-corrected chi connectivity index (χ0v) is 15.0. The van der Waals surface area contributed by atoms with Crippen molar-refractivity contribution >= 4 is 35.4 Å². The van der Waals surface area contributed by atoms with E-state index in [0.717, 1.165) is 5.02 Å². The second-order valence-electron chi connectivity index (χ2n) is 4.46. The Morgan fingerprint density at radius 2 is 1.00 bits per heavy atom. The molecule has 3 rings (SSSR count). The predicted octanol–water partition coefficient (Wildman–Crippen LogP) is 4.10. The van der Waals surface area contributed by atoms with Gasteiger partial charge >= 0.3 is 22.4 Å². The van der Waals surface area contributed by atoms with Gasteiger partial charge in [0.1, 0.15) is 0 Å². The Hall–Kier alpha value is -0.880. The van der Waals surface area contributed by atoms with Crippen molar-refractivity contribution in [1.29, 1.82) is 0 Å². The van der Waals surface area contributed by atoms with Gasteiger partial charge in [-0.3, -0.25) is 0 Å². The number of hydrogen-bond acceptors (Lipinski definition) is 0. The summed E-state index contributed by atoms with van der Waals surface area (Å²) >= 11 is 6.43. The van der Waals surface area contributed by atoms with E-state index < -0.39 is 7.92 Å². The molecule has 0 aliphatic carbocycles. The van der Waals surface area contributed by atoms with E-state index in [4.69, 9.17) is 11.6 Å². The minimum absolute atomic E-state index is 0. The van der Waals surface area contributed by atoms with Crippen molar-refractivity contribution in [3.63, 3.8) is 0 Å². The van der Waals surface area contributed by atoms with Crippen LogP contribution in [-0.2, 0) is 22.4 Å². The van der Waals surface area contributed by atoms with Crippen molar-refractivity contribution in [3.8, 4) is 0 Å². The van der Waals surface area contributed by atoms with Crippen LogP contribution in [0.1, 0.15) is 0 Å². The molecule has 0 nitrogen and oxygen atoms in total. The van der Waals surface area contributed by atoms with Gasteiger partial charge in [-0.2, -0.15) is 0 Å². The van der Waals surface area contributed by atoms with E-state index in [1.807, 2.05) is 12.1 Å². The van der Waals surface area contributed by atoms with E-state index in [9.17, 15) is 0 Å². The number of benzene rings is 3. The fourth-order valence-electron chi connectivity index (χ4n) is 2.21. The summed E-state index contributed by atoms with van der Waals surface area (Å²) in [7, 11) is -0.599. The van der Waals surface area contributed by atoms with Crippen LogP contribution >= 0.6 is 19.5 Å². The summed E-state index contributed by atoms with van der Waals surface area (Å²) in [4.78, 5) is 0. The third-order valence-electron chi connectivity index (χ3n) is 3.12. The molecule has 0 heterocycles.